The summed E-state index contributed by atoms with van der Waals surface area (Å²) in [6.07, 6.45) is 0.127. The molecular formula is C14H19NO5. The van der Waals surface area contributed by atoms with Gasteiger partial charge in [0.2, 0.25) is 0 Å². The SMILES string of the molecule is CCC(OC)C(=O)N(C)c1ccc(OCC(=O)O)cc1. The maximum absolute atomic E-state index is 12.1. The van der Waals surface area contributed by atoms with Gasteiger partial charge < -0.3 is 19.5 Å². The van der Waals surface area contributed by atoms with E-state index in [1.165, 1.54) is 12.0 Å². The maximum atomic E-state index is 12.1. The highest BCUT2D eigenvalue weighted by Gasteiger charge is 2.20. The van der Waals surface area contributed by atoms with E-state index in [1.807, 2.05) is 6.92 Å². The van der Waals surface area contributed by atoms with E-state index >= 15 is 0 Å². The predicted molar refractivity (Wildman–Crippen MR) is 74.1 cm³/mol. The molecule has 0 saturated carbocycles. The lowest BCUT2D eigenvalue weighted by Crippen LogP contribution is -2.37. The number of carbonyl (C=O) groups excluding carboxylic acids is 1. The Hall–Kier alpha value is -2.08. The molecule has 1 unspecified atom stereocenters. The fraction of sp³-hybridized carbons (Fsp3) is 0.429. The Balaban J connectivity index is 2.72. The number of benzene rings is 1. The van der Waals surface area contributed by atoms with Gasteiger partial charge >= 0.3 is 5.97 Å². The van der Waals surface area contributed by atoms with E-state index in [4.69, 9.17) is 14.6 Å². The van der Waals surface area contributed by atoms with E-state index in [1.54, 1.807) is 31.3 Å². The van der Waals surface area contributed by atoms with Crippen LogP contribution in [0.25, 0.3) is 0 Å². The lowest BCUT2D eigenvalue weighted by molar-refractivity contribution is -0.139. The zero-order valence-electron chi connectivity index (χ0n) is 11.8. The van der Waals surface area contributed by atoms with Crippen LogP contribution in [0.3, 0.4) is 0 Å². The number of aliphatic carboxylic acids is 1. The largest absolute Gasteiger partial charge is 0.482 e. The number of hydrogen-bond acceptors (Lipinski definition) is 4. The fourth-order valence-corrected chi connectivity index (χ4v) is 1.70. The van der Waals surface area contributed by atoms with E-state index in [0.29, 0.717) is 17.9 Å². The molecule has 0 bridgehead atoms. The van der Waals surface area contributed by atoms with Crippen LogP contribution >= 0.6 is 0 Å². The van der Waals surface area contributed by atoms with Gasteiger partial charge in [0.1, 0.15) is 11.9 Å². The molecule has 1 aromatic rings. The third-order valence-electron chi connectivity index (χ3n) is 2.85. The van der Waals surface area contributed by atoms with Crippen molar-refractivity contribution in [2.45, 2.75) is 19.4 Å². The van der Waals surface area contributed by atoms with E-state index < -0.39 is 18.7 Å². The first-order valence-corrected chi connectivity index (χ1v) is 6.24. The minimum atomic E-state index is -1.03. The Kier molecular flexibility index (Phi) is 5.99. The normalized spacial score (nSPS) is 11.8. The molecule has 1 rings (SSSR count). The average Bonchev–Trinajstić information content (AvgIpc) is 2.46. The Labute approximate surface area is 117 Å². The highest BCUT2D eigenvalue weighted by Crippen LogP contribution is 2.19. The van der Waals surface area contributed by atoms with Gasteiger partial charge in [-0.05, 0) is 30.7 Å². The van der Waals surface area contributed by atoms with Crippen LogP contribution in [0.5, 0.6) is 5.75 Å². The molecular weight excluding hydrogens is 262 g/mol. The second-order valence-corrected chi connectivity index (χ2v) is 4.21. The number of carboxylic acid groups (broad SMARTS) is 1. The monoisotopic (exact) mass is 281 g/mol. The molecule has 0 aliphatic heterocycles. The molecule has 0 saturated heterocycles. The molecule has 6 heteroatoms. The van der Waals surface area contributed by atoms with Crippen molar-refractivity contribution in [3.63, 3.8) is 0 Å². The summed E-state index contributed by atoms with van der Waals surface area (Å²) in [4.78, 5) is 24.0. The standard InChI is InChI=1S/C14H19NO5/c1-4-12(19-3)14(18)15(2)10-5-7-11(8-6-10)20-9-13(16)17/h5-8,12H,4,9H2,1-3H3,(H,16,17). The fourth-order valence-electron chi connectivity index (χ4n) is 1.70. The van der Waals surface area contributed by atoms with Crippen molar-refractivity contribution in [2.24, 2.45) is 0 Å². The molecule has 110 valence electrons. The summed E-state index contributed by atoms with van der Waals surface area (Å²) in [5, 5.41) is 8.51. The Bertz CT molecular complexity index is 453. The van der Waals surface area contributed by atoms with Gasteiger partial charge in [0.25, 0.3) is 5.91 Å². The van der Waals surface area contributed by atoms with Crippen molar-refractivity contribution < 1.29 is 24.2 Å². The van der Waals surface area contributed by atoms with Crippen LogP contribution in [0.1, 0.15) is 13.3 Å². The maximum Gasteiger partial charge on any atom is 0.341 e. The molecule has 0 radical (unpaired) electrons. The summed E-state index contributed by atoms with van der Waals surface area (Å²) in [5.74, 6) is -0.725. The van der Waals surface area contributed by atoms with Crippen molar-refractivity contribution in [2.75, 3.05) is 25.7 Å². The van der Waals surface area contributed by atoms with Crippen LogP contribution in [-0.2, 0) is 14.3 Å². The van der Waals surface area contributed by atoms with Crippen LogP contribution in [0, 0.1) is 0 Å². The molecule has 0 aliphatic carbocycles. The molecule has 0 heterocycles. The summed E-state index contributed by atoms with van der Waals surface area (Å²) in [6.45, 7) is 1.48. The van der Waals surface area contributed by atoms with Crippen molar-refractivity contribution in [1.82, 2.24) is 0 Å². The van der Waals surface area contributed by atoms with Gasteiger partial charge in [-0.25, -0.2) is 4.79 Å². The first-order valence-electron chi connectivity index (χ1n) is 6.24. The van der Waals surface area contributed by atoms with E-state index in [-0.39, 0.29) is 5.91 Å². The molecule has 0 fully saturated rings. The average molecular weight is 281 g/mol. The molecule has 1 atom stereocenters. The highest BCUT2D eigenvalue weighted by atomic mass is 16.5. The summed E-state index contributed by atoms with van der Waals surface area (Å²) in [7, 11) is 3.17. The summed E-state index contributed by atoms with van der Waals surface area (Å²) < 4.78 is 10.1. The second-order valence-electron chi connectivity index (χ2n) is 4.21. The zero-order valence-corrected chi connectivity index (χ0v) is 11.8. The lowest BCUT2D eigenvalue weighted by atomic mass is 10.2. The minimum absolute atomic E-state index is 0.130. The molecule has 0 aliphatic rings. The number of carbonyl (C=O) groups is 2. The Morgan fingerprint density at radius 2 is 1.90 bits per heavy atom. The van der Waals surface area contributed by atoms with Gasteiger partial charge in [-0.15, -0.1) is 0 Å². The summed E-state index contributed by atoms with van der Waals surface area (Å²) >= 11 is 0. The van der Waals surface area contributed by atoms with Gasteiger partial charge in [0.15, 0.2) is 6.61 Å². The lowest BCUT2D eigenvalue weighted by Gasteiger charge is -2.22. The molecule has 1 N–H and O–H groups in total. The van der Waals surface area contributed by atoms with E-state index in [2.05, 4.69) is 0 Å². The number of hydrogen-bond donors (Lipinski definition) is 1. The Morgan fingerprint density at radius 3 is 2.35 bits per heavy atom. The molecule has 20 heavy (non-hydrogen) atoms. The number of methoxy groups -OCH3 is 1. The van der Waals surface area contributed by atoms with Crippen LogP contribution in [0.15, 0.2) is 24.3 Å². The first-order chi connectivity index (χ1) is 9.49. The summed E-state index contributed by atoms with van der Waals surface area (Å²) in [5.41, 5.74) is 0.688. The third-order valence-corrected chi connectivity index (χ3v) is 2.85. The molecule has 1 aromatic carbocycles. The number of anilines is 1. The molecule has 0 aromatic heterocycles. The predicted octanol–water partition coefficient (Wildman–Crippen LogP) is 1.54. The second kappa shape index (κ2) is 7.49. The number of ether oxygens (including phenoxy) is 2. The number of carboxylic acids is 1. The van der Waals surface area contributed by atoms with Gasteiger partial charge in [0.05, 0.1) is 0 Å². The zero-order chi connectivity index (χ0) is 15.1. The highest BCUT2D eigenvalue weighted by molar-refractivity contribution is 5.96. The van der Waals surface area contributed by atoms with Gasteiger partial charge in [-0.1, -0.05) is 6.92 Å². The Morgan fingerprint density at radius 1 is 1.30 bits per heavy atom. The minimum Gasteiger partial charge on any atom is -0.482 e. The van der Waals surface area contributed by atoms with Crippen LogP contribution in [0.4, 0.5) is 5.69 Å². The van der Waals surface area contributed by atoms with Crippen molar-refractivity contribution in [1.29, 1.82) is 0 Å². The molecule has 1 amide bonds. The topological polar surface area (TPSA) is 76.1 Å². The number of nitrogens with zero attached hydrogens (tertiary/aromatic N) is 1. The third kappa shape index (κ3) is 4.24. The van der Waals surface area contributed by atoms with E-state index in [0.717, 1.165) is 0 Å². The molecule has 0 spiro atoms. The number of amides is 1. The number of rotatable bonds is 7. The quantitative estimate of drug-likeness (QED) is 0.820. The van der Waals surface area contributed by atoms with Crippen LogP contribution < -0.4 is 9.64 Å². The van der Waals surface area contributed by atoms with Crippen LogP contribution in [-0.4, -0.2) is 43.9 Å². The van der Waals surface area contributed by atoms with Crippen molar-refractivity contribution in [3.8, 4) is 5.75 Å². The molecule has 6 nitrogen and oxygen atoms in total. The van der Waals surface area contributed by atoms with Gasteiger partial charge in [-0.3, -0.25) is 4.79 Å². The van der Waals surface area contributed by atoms with Crippen molar-refractivity contribution >= 4 is 17.6 Å². The van der Waals surface area contributed by atoms with Crippen molar-refractivity contribution in [3.05, 3.63) is 24.3 Å². The van der Waals surface area contributed by atoms with Gasteiger partial charge in [0, 0.05) is 19.8 Å². The van der Waals surface area contributed by atoms with E-state index in [9.17, 15) is 9.59 Å². The first kappa shape index (κ1) is 16.0. The van der Waals surface area contributed by atoms with Crippen LogP contribution in [0.2, 0.25) is 0 Å². The van der Waals surface area contributed by atoms with Gasteiger partial charge in [-0.2, -0.15) is 0 Å². The number of likely N-dealkylation sites (N-methyl/N-ethyl adjacent to an activating group) is 1. The smallest absolute Gasteiger partial charge is 0.341 e. The summed E-state index contributed by atoms with van der Waals surface area (Å²) in [6, 6.07) is 6.63.